The van der Waals surface area contributed by atoms with Gasteiger partial charge in [0.2, 0.25) is 5.91 Å². The molecule has 3 rings (SSSR count). The van der Waals surface area contributed by atoms with Crippen molar-refractivity contribution in [2.24, 2.45) is 0 Å². The van der Waals surface area contributed by atoms with Crippen LogP contribution < -0.4 is 15.0 Å². The molecule has 0 unspecified atom stereocenters. The van der Waals surface area contributed by atoms with Crippen molar-refractivity contribution in [3.05, 3.63) is 42.7 Å². The molecule has 2 aromatic rings. The highest BCUT2D eigenvalue weighted by Crippen LogP contribution is 2.20. The quantitative estimate of drug-likeness (QED) is 0.927. The first kappa shape index (κ1) is 13.0. The van der Waals surface area contributed by atoms with Crippen LogP contribution in [0.5, 0.6) is 11.8 Å². The Kier molecular flexibility index (Phi) is 3.46. The fraction of sp³-hybridized carbons (Fsp3) is 0.143. The van der Waals surface area contributed by atoms with Gasteiger partial charge >= 0.3 is 12.0 Å². The Labute approximate surface area is 120 Å². The van der Waals surface area contributed by atoms with Gasteiger partial charge in [0.05, 0.1) is 18.1 Å². The predicted molar refractivity (Wildman–Crippen MR) is 74.0 cm³/mol. The standard InChI is InChI=1S/C14H12N4O3/c19-12-6-7-18(14(20)17-12)10-8-15-13(16-9-10)21-11-4-2-1-3-5-11/h1-5,8-9H,6-7H2,(H,17,19,20). The van der Waals surface area contributed by atoms with Crippen molar-refractivity contribution in [3.63, 3.8) is 0 Å². The van der Waals surface area contributed by atoms with E-state index in [0.717, 1.165) is 0 Å². The van der Waals surface area contributed by atoms with Crippen molar-refractivity contribution in [1.29, 1.82) is 0 Å². The zero-order chi connectivity index (χ0) is 14.7. The number of nitrogens with zero attached hydrogens (tertiary/aromatic N) is 3. The molecule has 0 radical (unpaired) electrons. The van der Waals surface area contributed by atoms with Crippen LogP contribution in [0.25, 0.3) is 0 Å². The van der Waals surface area contributed by atoms with E-state index in [4.69, 9.17) is 4.74 Å². The van der Waals surface area contributed by atoms with Gasteiger partial charge < -0.3 is 4.74 Å². The van der Waals surface area contributed by atoms with E-state index in [1.165, 1.54) is 17.3 Å². The maximum absolute atomic E-state index is 11.7. The van der Waals surface area contributed by atoms with Crippen molar-refractivity contribution in [3.8, 4) is 11.8 Å². The Balaban J connectivity index is 1.72. The molecule has 0 spiro atoms. The molecular weight excluding hydrogens is 272 g/mol. The Morgan fingerprint density at radius 3 is 2.48 bits per heavy atom. The van der Waals surface area contributed by atoms with Gasteiger partial charge in [-0.3, -0.25) is 15.0 Å². The summed E-state index contributed by atoms with van der Waals surface area (Å²) < 4.78 is 5.47. The third-order valence-electron chi connectivity index (χ3n) is 2.93. The molecule has 2 heterocycles. The largest absolute Gasteiger partial charge is 0.424 e. The molecule has 0 bridgehead atoms. The zero-order valence-electron chi connectivity index (χ0n) is 11.0. The smallest absolute Gasteiger partial charge is 0.328 e. The van der Waals surface area contributed by atoms with Crippen LogP contribution in [0, 0.1) is 0 Å². The van der Waals surface area contributed by atoms with Crippen LogP contribution in [-0.4, -0.2) is 28.5 Å². The number of ether oxygens (including phenoxy) is 1. The summed E-state index contributed by atoms with van der Waals surface area (Å²) in [6, 6.07) is 8.89. The molecule has 1 aliphatic heterocycles. The predicted octanol–water partition coefficient (Wildman–Crippen LogP) is 1.72. The number of aromatic nitrogens is 2. The molecule has 7 nitrogen and oxygen atoms in total. The number of anilines is 1. The van der Waals surface area contributed by atoms with E-state index < -0.39 is 6.03 Å². The normalized spacial score (nSPS) is 14.8. The average Bonchev–Trinajstić information content (AvgIpc) is 2.49. The van der Waals surface area contributed by atoms with E-state index in [-0.39, 0.29) is 18.3 Å². The number of hydrogen-bond acceptors (Lipinski definition) is 5. The molecule has 7 heteroatoms. The number of para-hydroxylation sites is 1. The molecule has 3 amide bonds. The molecular formula is C14H12N4O3. The molecule has 106 valence electrons. The van der Waals surface area contributed by atoms with E-state index in [0.29, 0.717) is 18.0 Å². The van der Waals surface area contributed by atoms with Gasteiger partial charge in [0.25, 0.3) is 0 Å². The van der Waals surface area contributed by atoms with Crippen LogP contribution in [-0.2, 0) is 4.79 Å². The molecule has 0 aliphatic carbocycles. The van der Waals surface area contributed by atoms with Gasteiger partial charge in [-0.1, -0.05) is 18.2 Å². The van der Waals surface area contributed by atoms with Crippen LogP contribution in [0.3, 0.4) is 0 Å². The first-order valence-electron chi connectivity index (χ1n) is 6.39. The minimum atomic E-state index is -0.466. The molecule has 0 atom stereocenters. The van der Waals surface area contributed by atoms with Crippen molar-refractivity contribution in [2.75, 3.05) is 11.4 Å². The van der Waals surface area contributed by atoms with Crippen molar-refractivity contribution in [2.45, 2.75) is 6.42 Å². The lowest BCUT2D eigenvalue weighted by atomic mass is 10.3. The number of carbonyl (C=O) groups excluding carboxylic acids is 2. The minimum absolute atomic E-state index is 0.193. The Hall–Kier alpha value is -2.96. The summed E-state index contributed by atoms with van der Waals surface area (Å²) >= 11 is 0. The van der Waals surface area contributed by atoms with Crippen molar-refractivity contribution in [1.82, 2.24) is 15.3 Å². The van der Waals surface area contributed by atoms with Crippen molar-refractivity contribution < 1.29 is 14.3 Å². The van der Waals surface area contributed by atoms with Gasteiger partial charge in [0, 0.05) is 13.0 Å². The maximum Gasteiger partial charge on any atom is 0.328 e. The Morgan fingerprint density at radius 2 is 1.81 bits per heavy atom. The lowest BCUT2D eigenvalue weighted by Gasteiger charge is -2.25. The number of urea groups is 1. The van der Waals surface area contributed by atoms with E-state index in [1.54, 1.807) is 12.1 Å². The summed E-state index contributed by atoms with van der Waals surface area (Å²) in [5.74, 6) is 0.354. The Bertz CT molecular complexity index is 658. The number of carbonyl (C=O) groups is 2. The third-order valence-corrected chi connectivity index (χ3v) is 2.93. The van der Waals surface area contributed by atoms with Gasteiger partial charge in [0.15, 0.2) is 0 Å². The number of rotatable bonds is 3. The third kappa shape index (κ3) is 2.97. The van der Waals surface area contributed by atoms with E-state index in [2.05, 4.69) is 15.3 Å². The first-order chi connectivity index (χ1) is 10.2. The van der Waals surface area contributed by atoms with E-state index >= 15 is 0 Å². The van der Waals surface area contributed by atoms with Gasteiger partial charge in [-0.05, 0) is 12.1 Å². The number of benzene rings is 1. The van der Waals surface area contributed by atoms with Gasteiger partial charge in [-0.25, -0.2) is 14.8 Å². The van der Waals surface area contributed by atoms with Gasteiger partial charge in [0.1, 0.15) is 5.75 Å². The van der Waals surface area contributed by atoms with E-state index in [1.807, 2.05) is 18.2 Å². The van der Waals surface area contributed by atoms with Crippen LogP contribution in [0.4, 0.5) is 10.5 Å². The second-order valence-electron chi connectivity index (χ2n) is 4.39. The second-order valence-corrected chi connectivity index (χ2v) is 4.39. The molecule has 1 aromatic heterocycles. The zero-order valence-corrected chi connectivity index (χ0v) is 11.0. The molecule has 1 aromatic carbocycles. The Morgan fingerprint density at radius 1 is 1.10 bits per heavy atom. The highest BCUT2D eigenvalue weighted by atomic mass is 16.5. The number of nitrogens with one attached hydrogen (secondary N) is 1. The van der Waals surface area contributed by atoms with Crippen LogP contribution in [0.2, 0.25) is 0 Å². The molecule has 0 saturated carbocycles. The minimum Gasteiger partial charge on any atom is -0.424 e. The van der Waals surface area contributed by atoms with Gasteiger partial charge in [-0.2, -0.15) is 0 Å². The lowest BCUT2D eigenvalue weighted by Crippen LogP contribution is -2.49. The van der Waals surface area contributed by atoms with Gasteiger partial charge in [-0.15, -0.1) is 0 Å². The summed E-state index contributed by atoms with van der Waals surface area (Å²) in [4.78, 5) is 32.3. The fourth-order valence-electron chi connectivity index (χ4n) is 1.91. The summed E-state index contributed by atoms with van der Waals surface area (Å²) in [6.07, 6.45) is 3.23. The van der Waals surface area contributed by atoms with Crippen LogP contribution in [0.1, 0.15) is 6.42 Å². The topological polar surface area (TPSA) is 84.4 Å². The molecule has 1 fully saturated rings. The van der Waals surface area contributed by atoms with Crippen LogP contribution >= 0.6 is 0 Å². The molecule has 1 N–H and O–H groups in total. The first-order valence-corrected chi connectivity index (χ1v) is 6.39. The number of imide groups is 1. The summed E-state index contributed by atoms with van der Waals surface area (Å²) in [5, 5.41) is 2.24. The monoisotopic (exact) mass is 284 g/mol. The highest BCUT2D eigenvalue weighted by molar-refractivity contribution is 6.05. The number of hydrogen-bond donors (Lipinski definition) is 1. The highest BCUT2D eigenvalue weighted by Gasteiger charge is 2.24. The molecule has 1 aliphatic rings. The number of amides is 3. The van der Waals surface area contributed by atoms with E-state index in [9.17, 15) is 9.59 Å². The second kappa shape index (κ2) is 5.58. The summed E-state index contributed by atoms with van der Waals surface area (Å²) in [6.45, 7) is 0.312. The SMILES string of the molecule is O=C1CCN(c2cnc(Oc3ccccc3)nc2)C(=O)N1. The fourth-order valence-corrected chi connectivity index (χ4v) is 1.91. The van der Waals surface area contributed by atoms with Crippen molar-refractivity contribution >= 4 is 17.6 Å². The molecule has 21 heavy (non-hydrogen) atoms. The summed E-state index contributed by atoms with van der Waals surface area (Å²) in [7, 11) is 0. The maximum atomic E-state index is 11.7. The lowest BCUT2D eigenvalue weighted by molar-refractivity contribution is -0.120. The molecule has 1 saturated heterocycles. The summed E-state index contributed by atoms with van der Waals surface area (Å²) in [5.41, 5.74) is 0.514. The average molecular weight is 284 g/mol. The van der Waals surface area contributed by atoms with Crippen LogP contribution in [0.15, 0.2) is 42.7 Å².